The van der Waals surface area contributed by atoms with Gasteiger partial charge in [0.05, 0.1) is 10.7 Å². The van der Waals surface area contributed by atoms with Crippen molar-refractivity contribution >= 4 is 41.3 Å². The Balaban J connectivity index is 0.00000529. The number of halogens is 1. The number of nitrogens with zero attached hydrogens (tertiary/aromatic N) is 3. The highest BCUT2D eigenvalue weighted by Gasteiger charge is 2.12. The van der Waals surface area contributed by atoms with E-state index in [1.165, 1.54) is 10.7 Å². The number of aromatic nitrogens is 1. The van der Waals surface area contributed by atoms with Crippen LogP contribution in [-0.4, -0.2) is 54.6 Å². The third-order valence-electron chi connectivity index (χ3n) is 3.79. The van der Waals surface area contributed by atoms with Crippen molar-refractivity contribution in [2.75, 3.05) is 26.7 Å². The number of rotatable bonds is 9. The Morgan fingerprint density at radius 1 is 1.21 bits per heavy atom. The zero-order valence-electron chi connectivity index (χ0n) is 15.9. The second-order valence-electron chi connectivity index (χ2n) is 6.19. The molecule has 1 heterocycles. The molecular weight excluding hydrogens is 433 g/mol. The van der Waals surface area contributed by atoms with Gasteiger partial charge < -0.3 is 10.6 Å². The summed E-state index contributed by atoms with van der Waals surface area (Å²) in [6.45, 7) is 13.9. The Labute approximate surface area is 168 Å². The lowest BCUT2D eigenvalue weighted by Gasteiger charge is -2.30. The van der Waals surface area contributed by atoms with Crippen molar-refractivity contribution in [1.82, 2.24) is 20.5 Å². The number of hydrogen-bond donors (Lipinski definition) is 2. The van der Waals surface area contributed by atoms with Crippen molar-refractivity contribution in [3.05, 3.63) is 16.1 Å². The highest BCUT2D eigenvalue weighted by Crippen LogP contribution is 2.10. The van der Waals surface area contributed by atoms with Gasteiger partial charge in [0.1, 0.15) is 0 Å². The number of nitrogens with one attached hydrogen (secondary N) is 2. The third kappa shape index (κ3) is 8.62. The zero-order chi connectivity index (χ0) is 17.2. The molecule has 0 aromatic carbocycles. The highest BCUT2D eigenvalue weighted by atomic mass is 127. The molecule has 5 nitrogen and oxygen atoms in total. The fourth-order valence-corrected chi connectivity index (χ4v) is 3.35. The van der Waals surface area contributed by atoms with Crippen LogP contribution >= 0.6 is 35.3 Å². The monoisotopic (exact) mass is 467 g/mol. The lowest BCUT2D eigenvalue weighted by molar-refractivity contribution is 0.178. The van der Waals surface area contributed by atoms with E-state index in [0.29, 0.717) is 12.1 Å². The molecule has 0 aliphatic carbocycles. The standard InChI is InChI=1S/C17H33N5S.HI/c1-7-16-21-15(12-23-16)8-9-19-17(18-6)20-10-11-22(13(2)3)14(4)5;/h12-14H,7-11H2,1-6H3,(H2,18,19,20);1H. The summed E-state index contributed by atoms with van der Waals surface area (Å²) in [5, 5.41) is 10.1. The zero-order valence-corrected chi connectivity index (χ0v) is 19.1. The second kappa shape index (κ2) is 12.9. The summed E-state index contributed by atoms with van der Waals surface area (Å²) < 4.78 is 0. The summed E-state index contributed by atoms with van der Waals surface area (Å²) >= 11 is 1.75. The van der Waals surface area contributed by atoms with Gasteiger partial charge in [0.2, 0.25) is 0 Å². The first-order valence-corrected chi connectivity index (χ1v) is 9.49. The first-order valence-electron chi connectivity index (χ1n) is 8.61. The van der Waals surface area contributed by atoms with Gasteiger partial charge in [-0.1, -0.05) is 6.92 Å². The molecule has 0 aliphatic heterocycles. The van der Waals surface area contributed by atoms with Crippen molar-refractivity contribution in [2.45, 2.75) is 59.5 Å². The van der Waals surface area contributed by atoms with Crippen LogP contribution in [0, 0.1) is 0 Å². The van der Waals surface area contributed by atoms with Gasteiger partial charge in [-0.15, -0.1) is 35.3 Å². The van der Waals surface area contributed by atoms with Crippen molar-refractivity contribution in [1.29, 1.82) is 0 Å². The number of hydrogen-bond acceptors (Lipinski definition) is 4. The van der Waals surface area contributed by atoms with E-state index in [0.717, 1.165) is 38.4 Å². The average Bonchev–Trinajstić information content (AvgIpc) is 2.96. The number of aryl methyl sites for hydroxylation is 1. The molecule has 1 aromatic heterocycles. The molecule has 1 rings (SSSR count). The van der Waals surface area contributed by atoms with Crippen LogP contribution in [0.2, 0.25) is 0 Å². The fourth-order valence-electron chi connectivity index (χ4n) is 2.57. The number of guanidine groups is 1. The topological polar surface area (TPSA) is 52.6 Å². The number of aliphatic imine (C=N–C) groups is 1. The van der Waals surface area contributed by atoms with Crippen LogP contribution in [0.4, 0.5) is 0 Å². The molecule has 140 valence electrons. The van der Waals surface area contributed by atoms with E-state index < -0.39 is 0 Å². The molecule has 0 saturated carbocycles. The minimum atomic E-state index is 0. The lowest BCUT2D eigenvalue weighted by atomic mass is 10.2. The molecule has 0 fully saturated rings. The first-order chi connectivity index (χ1) is 11.0. The van der Waals surface area contributed by atoms with E-state index in [1.54, 1.807) is 11.3 Å². The molecule has 0 amide bonds. The first kappa shape index (κ1) is 23.6. The Morgan fingerprint density at radius 3 is 2.33 bits per heavy atom. The predicted octanol–water partition coefficient (Wildman–Crippen LogP) is 3.15. The summed E-state index contributed by atoms with van der Waals surface area (Å²) in [7, 11) is 1.82. The van der Waals surface area contributed by atoms with Gasteiger partial charge in [-0.05, 0) is 34.1 Å². The molecule has 0 radical (unpaired) electrons. The minimum absolute atomic E-state index is 0. The third-order valence-corrected chi connectivity index (χ3v) is 4.83. The van der Waals surface area contributed by atoms with Gasteiger partial charge >= 0.3 is 0 Å². The SMILES string of the molecule is CCc1nc(CCNC(=NC)NCCN(C(C)C)C(C)C)cs1.I. The molecular formula is C17H34IN5S. The van der Waals surface area contributed by atoms with Gasteiger partial charge in [0, 0.05) is 50.6 Å². The predicted molar refractivity (Wildman–Crippen MR) is 117 cm³/mol. The van der Waals surface area contributed by atoms with Crippen molar-refractivity contribution in [3.63, 3.8) is 0 Å². The van der Waals surface area contributed by atoms with E-state index in [9.17, 15) is 0 Å². The summed E-state index contributed by atoms with van der Waals surface area (Å²) in [5.41, 5.74) is 1.17. The molecule has 24 heavy (non-hydrogen) atoms. The smallest absolute Gasteiger partial charge is 0.191 e. The Morgan fingerprint density at radius 2 is 1.83 bits per heavy atom. The maximum Gasteiger partial charge on any atom is 0.191 e. The fraction of sp³-hybridized carbons (Fsp3) is 0.765. The largest absolute Gasteiger partial charge is 0.356 e. The van der Waals surface area contributed by atoms with Crippen molar-refractivity contribution in [3.8, 4) is 0 Å². The van der Waals surface area contributed by atoms with Crippen LogP contribution in [0.25, 0.3) is 0 Å². The summed E-state index contributed by atoms with van der Waals surface area (Å²) in [4.78, 5) is 11.3. The maximum atomic E-state index is 4.59. The van der Waals surface area contributed by atoms with Crippen LogP contribution in [0.3, 0.4) is 0 Å². The molecule has 0 spiro atoms. The molecule has 0 saturated heterocycles. The molecule has 0 atom stereocenters. The molecule has 2 N–H and O–H groups in total. The molecule has 1 aromatic rings. The van der Waals surface area contributed by atoms with E-state index in [1.807, 2.05) is 7.05 Å². The van der Waals surface area contributed by atoms with Gasteiger partial charge in [-0.2, -0.15) is 0 Å². The molecule has 7 heteroatoms. The van der Waals surface area contributed by atoms with E-state index in [-0.39, 0.29) is 24.0 Å². The van der Waals surface area contributed by atoms with Crippen LogP contribution in [0.1, 0.15) is 45.3 Å². The Hall–Kier alpha value is -0.410. The van der Waals surface area contributed by atoms with E-state index in [2.05, 4.69) is 65.5 Å². The number of thiazole rings is 1. The van der Waals surface area contributed by atoms with Gasteiger partial charge in [0.25, 0.3) is 0 Å². The quantitative estimate of drug-likeness (QED) is 0.333. The van der Waals surface area contributed by atoms with Gasteiger partial charge in [-0.25, -0.2) is 4.98 Å². The molecule has 0 unspecified atom stereocenters. The Kier molecular flexibility index (Phi) is 12.7. The molecule has 0 bridgehead atoms. The van der Waals surface area contributed by atoms with Crippen LogP contribution < -0.4 is 10.6 Å². The van der Waals surface area contributed by atoms with E-state index >= 15 is 0 Å². The lowest BCUT2D eigenvalue weighted by Crippen LogP contribution is -2.45. The average molecular weight is 467 g/mol. The summed E-state index contributed by atoms with van der Waals surface area (Å²) in [6.07, 6.45) is 1.95. The van der Waals surface area contributed by atoms with E-state index in [4.69, 9.17) is 0 Å². The maximum absolute atomic E-state index is 4.59. The molecule has 0 aliphatic rings. The highest BCUT2D eigenvalue weighted by molar-refractivity contribution is 14.0. The minimum Gasteiger partial charge on any atom is -0.356 e. The summed E-state index contributed by atoms with van der Waals surface area (Å²) in [5.74, 6) is 0.864. The van der Waals surface area contributed by atoms with Crippen LogP contribution in [0.5, 0.6) is 0 Å². The van der Waals surface area contributed by atoms with Crippen molar-refractivity contribution in [2.24, 2.45) is 4.99 Å². The Bertz CT molecular complexity index is 465. The van der Waals surface area contributed by atoms with Crippen LogP contribution in [0.15, 0.2) is 10.4 Å². The van der Waals surface area contributed by atoms with Crippen LogP contribution in [-0.2, 0) is 12.8 Å². The second-order valence-corrected chi connectivity index (χ2v) is 7.13. The van der Waals surface area contributed by atoms with Gasteiger partial charge in [-0.3, -0.25) is 9.89 Å². The van der Waals surface area contributed by atoms with Gasteiger partial charge in [0.15, 0.2) is 5.96 Å². The normalized spacial score (nSPS) is 12.0. The summed E-state index contributed by atoms with van der Waals surface area (Å²) in [6, 6.07) is 1.12. The van der Waals surface area contributed by atoms with Crippen molar-refractivity contribution < 1.29 is 0 Å².